The predicted octanol–water partition coefficient (Wildman–Crippen LogP) is 5.23. The van der Waals surface area contributed by atoms with Gasteiger partial charge in [0.2, 0.25) is 6.79 Å². The third-order valence-corrected chi connectivity index (χ3v) is 6.31. The number of hydrogen-bond donors (Lipinski definition) is 1. The molecule has 0 saturated heterocycles. The molecule has 0 saturated carbocycles. The van der Waals surface area contributed by atoms with Crippen molar-refractivity contribution in [3.05, 3.63) is 94.8 Å². The maximum absolute atomic E-state index is 13.7. The molecule has 7 heteroatoms. The summed E-state index contributed by atoms with van der Waals surface area (Å²) in [4.78, 5) is 26.3. The average molecular weight is 455 g/mol. The van der Waals surface area contributed by atoms with Crippen molar-refractivity contribution in [3.8, 4) is 22.6 Å². The van der Waals surface area contributed by atoms with E-state index in [-0.39, 0.29) is 24.1 Å². The number of hydrogen-bond acceptors (Lipinski definition) is 4. The second-order valence-electron chi connectivity index (χ2n) is 8.37. The highest BCUT2D eigenvalue weighted by atomic mass is 19.1. The number of ether oxygens (including phenoxy) is 2. The van der Waals surface area contributed by atoms with E-state index in [1.165, 1.54) is 24.3 Å². The summed E-state index contributed by atoms with van der Waals surface area (Å²) in [6.07, 6.45) is 0. The Morgan fingerprint density at radius 1 is 0.971 bits per heavy atom. The first-order valence-electron chi connectivity index (χ1n) is 10.7. The first-order chi connectivity index (χ1) is 16.5. The Morgan fingerprint density at radius 3 is 2.38 bits per heavy atom. The quantitative estimate of drug-likeness (QED) is 0.456. The zero-order valence-corrected chi connectivity index (χ0v) is 17.9. The van der Waals surface area contributed by atoms with Crippen LogP contribution >= 0.6 is 0 Å². The van der Waals surface area contributed by atoms with Crippen molar-refractivity contribution in [2.75, 3.05) is 6.79 Å². The number of halogens is 1. The van der Waals surface area contributed by atoms with Crippen LogP contribution in [0.15, 0.2) is 66.7 Å². The Labute approximate surface area is 193 Å². The van der Waals surface area contributed by atoms with Crippen LogP contribution in [0, 0.1) is 5.82 Å². The van der Waals surface area contributed by atoms with E-state index in [2.05, 4.69) is 0 Å². The minimum absolute atomic E-state index is 0.111. The Hall–Kier alpha value is -4.39. The van der Waals surface area contributed by atoms with Gasteiger partial charge in [-0.05, 0) is 75.5 Å². The van der Waals surface area contributed by atoms with Crippen LogP contribution in [0.2, 0.25) is 0 Å². The highest BCUT2D eigenvalue weighted by Crippen LogP contribution is 2.44. The van der Waals surface area contributed by atoms with Crippen molar-refractivity contribution >= 4 is 22.6 Å². The van der Waals surface area contributed by atoms with Gasteiger partial charge in [-0.1, -0.05) is 24.3 Å². The summed E-state index contributed by atoms with van der Waals surface area (Å²) >= 11 is 0. The van der Waals surface area contributed by atoms with Gasteiger partial charge in [-0.2, -0.15) is 0 Å². The van der Waals surface area contributed by atoms with Crippen molar-refractivity contribution < 1.29 is 28.6 Å². The number of benzene rings is 4. The summed E-state index contributed by atoms with van der Waals surface area (Å²) in [6, 6.07) is 18.4. The molecule has 0 fully saturated rings. The standard InChI is InChI=1S/C27H18FNO5/c28-19-7-5-16(6-8-19)25-20-11-24-23(33-14-34-24)10-18(20)9-21-22(25)13-29(26(21)30)12-15-1-3-17(4-2-15)27(31)32/h1-11H,12-14H2,(H,31,32). The zero-order chi connectivity index (χ0) is 23.4. The van der Waals surface area contributed by atoms with Crippen molar-refractivity contribution in [1.29, 1.82) is 0 Å². The Morgan fingerprint density at radius 2 is 1.68 bits per heavy atom. The topological polar surface area (TPSA) is 76.1 Å². The minimum atomic E-state index is -0.994. The molecule has 6 nitrogen and oxygen atoms in total. The fourth-order valence-corrected chi connectivity index (χ4v) is 4.67. The van der Waals surface area contributed by atoms with Gasteiger partial charge in [0.05, 0.1) is 5.56 Å². The lowest BCUT2D eigenvalue weighted by molar-refractivity contribution is 0.0695. The third-order valence-electron chi connectivity index (χ3n) is 6.31. The molecule has 2 aliphatic rings. The van der Waals surface area contributed by atoms with Gasteiger partial charge in [0.25, 0.3) is 5.91 Å². The van der Waals surface area contributed by atoms with Crippen LogP contribution in [0.3, 0.4) is 0 Å². The molecule has 1 N–H and O–H groups in total. The maximum Gasteiger partial charge on any atom is 0.335 e. The van der Waals surface area contributed by atoms with E-state index in [4.69, 9.17) is 14.6 Å². The number of amides is 1. The SMILES string of the molecule is O=C(O)c1ccc(CN2Cc3c(cc4cc5c(cc4c3-c3ccc(F)cc3)OCO5)C2=O)cc1. The van der Waals surface area contributed by atoms with Crippen LogP contribution in [0.25, 0.3) is 21.9 Å². The van der Waals surface area contributed by atoms with Crippen LogP contribution in [0.1, 0.15) is 31.8 Å². The molecule has 34 heavy (non-hydrogen) atoms. The number of carboxylic acid groups (broad SMARTS) is 1. The largest absolute Gasteiger partial charge is 0.478 e. The second-order valence-corrected chi connectivity index (χ2v) is 8.37. The fourth-order valence-electron chi connectivity index (χ4n) is 4.67. The number of carboxylic acids is 1. The summed E-state index contributed by atoms with van der Waals surface area (Å²) in [5.41, 5.74) is 4.16. The number of aromatic carboxylic acids is 1. The monoisotopic (exact) mass is 455 g/mol. The highest BCUT2D eigenvalue weighted by Gasteiger charge is 2.32. The zero-order valence-electron chi connectivity index (χ0n) is 17.9. The van der Waals surface area contributed by atoms with Crippen LogP contribution < -0.4 is 9.47 Å². The number of carbonyl (C=O) groups excluding carboxylic acids is 1. The van der Waals surface area contributed by atoms with Gasteiger partial charge in [-0.3, -0.25) is 4.79 Å². The molecule has 0 unspecified atom stereocenters. The predicted molar refractivity (Wildman–Crippen MR) is 122 cm³/mol. The smallest absolute Gasteiger partial charge is 0.335 e. The van der Waals surface area contributed by atoms with E-state index in [9.17, 15) is 14.0 Å². The highest BCUT2D eigenvalue weighted by molar-refractivity contribution is 6.09. The van der Waals surface area contributed by atoms with Crippen LogP contribution in [0.4, 0.5) is 4.39 Å². The molecule has 4 aromatic rings. The maximum atomic E-state index is 13.7. The molecule has 0 atom stereocenters. The Bertz CT molecular complexity index is 1480. The molecule has 0 radical (unpaired) electrons. The normalized spacial score (nSPS) is 14.0. The molecular weight excluding hydrogens is 437 g/mol. The van der Waals surface area contributed by atoms with E-state index in [1.807, 2.05) is 18.2 Å². The van der Waals surface area contributed by atoms with Crippen LogP contribution in [0.5, 0.6) is 11.5 Å². The molecule has 6 rings (SSSR count). The number of carbonyl (C=O) groups is 2. The molecule has 2 aliphatic heterocycles. The molecule has 0 aliphatic carbocycles. The summed E-state index contributed by atoms with van der Waals surface area (Å²) < 4.78 is 24.8. The van der Waals surface area contributed by atoms with Crippen LogP contribution in [-0.4, -0.2) is 28.7 Å². The fraction of sp³-hybridized carbons (Fsp3) is 0.111. The summed E-state index contributed by atoms with van der Waals surface area (Å²) in [6.45, 7) is 0.867. The molecule has 0 bridgehead atoms. The third kappa shape index (κ3) is 3.25. The van der Waals surface area contributed by atoms with Gasteiger partial charge in [0, 0.05) is 18.7 Å². The van der Waals surface area contributed by atoms with Gasteiger partial charge < -0.3 is 19.5 Å². The molecule has 0 aromatic heterocycles. The van der Waals surface area contributed by atoms with E-state index in [0.717, 1.165) is 33.0 Å². The first kappa shape index (κ1) is 20.2. The van der Waals surface area contributed by atoms with Crippen molar-refractivity contribution in [3.63, 3.8) is 0 Å². The molecule has 0 spiro atoms. The summed E-state index contributed by atoms with van der Waals surface area (Å²) in [5.74, 6) is -0.179. The molecule has 4 aromatic carbocycles. The van der Waals surface area contributed by atoms with Gasteiger partial charge in [0.15, 0.2) is 11.5 Å². The van der Waals surface area contributed by atoms with Gasteiger partial charge in [-0.25, -0.2) is 9.18 Å². The van der Waals surface area contributed by atoms with Crippen molar-refractivity contribution in [2.24, 2.45) is 0 Å². The summed E-state index contributed by atoms with van der Waals surface area (Å²) in [5, 5.41) is 10.9. The lowest BCUT2D eigenvalue weighted by atomic mass is 9.90. The van der Waals surface area contributed by atoms with Crippen molar-refractivity contribution in [2.45, 2.75) is 13.1 Å². The van der Waals surface area contributed by atoms with E-state index in [0.29, 0.717) is 30.2 Å². The van der Waals surface area contributed by atoms with E-state index >= 15 is 0 Å². The Kier molecular flexibility index (Phi) is 4.52. The first-order valence-corrected chi connectivity index (χ1v) is 10.7. The number of rotatable bonds is 4. The summed E-state index contributed by atoms with van der Waals surface area (Å²) in [7, 11) is 0. The van der Waals surface area contributed by atoms with Crippen LogP contribution in [-0.2, 0) is 13.1 Å². The van der Waals surface area contributed by atoms with E-state index < -0.39 is 5.97 Å². The number of fused-ring (bicyclic) bond motifs is 3. The molecular formula is C27H18FNO5. The van der Waals surface area contributed by atoms with Gasteiger partial charge in [-0.15, -0.1) is 0 Å². The lowest BCUT2D eigenvalue weighted by Crippen LogP contribution is -2.23. The minimum Gasteiger partial charge on any atom is -0.478 e. The molecule has 168 valence electrons. The molecule has 1 amide bonds. The second kappa shape index (κ2) is 7.59. The van der Waals surface area contributed by atoms with Gasteiger partial charge in [0.1, 0.15) is 5.82 Å². The van der Waals surface area contributed by atoms with Gasteiger partial charge >= 0.3 is 5.97 Å². The lowest BCUT2D eigenvalue weighted by Gasteiger charge is -2.16. The average Bonchev–Trinajstić information content (AvgIpc) is 3.41. The number of nitrogens with zero attached hydrogens (tertiary/aromatic N) is 1. The van der Waals surface area contributed by atoms with E-state index in [1.54, 1.807) is 29.2 Å². The Balaban J connectivity index is 1.46. The van der Waals surface area contributed by atoms with Crippen molar-refractivity contribution in [1.82, 2.24) is 4.90 Å². The molecule has 2 heterocycles.